The van der Waals surface area contributed by atoms with E-state index >= 15 is 0 Å². The highest BCUT2D eigenvalue weighted by Crippen LogP contribution is 2.39. The molecule has 0 aliphatic heterocycles. The van der Waals surface area contributed by atoms with Crippen LogP contribution in [0.15, 0.2) is 0 Å². The maximum atomic E-state index is 9.42. The SMILES string of the molecule is CCCNc1nc(CC)nc(NC2(CO)CC2)c1C. The quantitative estimate of drug-likeness (QED) is 0.703. The van der Waals surface area contributed by atoms with Crippen LogP contribution in [0.25, 0.3) is 0 Å². The molecule has 5 heteroatoms. The molecule has 0 radical (unpaired) electrons. The van der Waals surface area contributed by atoms with Gasteiger partial charge >= 0.3 is 0 Å². The van der Waals surface area contributed by atoms with Crippen LogP contribution < -0.4 is 10.6 Å². The van der Waals surface area contributed by atoms with Crippen LogP contribution in [0.3, 0.4) is 0 Å². The highest BCUT2D eigenvalue weighted by atomic mass is 16.3. The van der Waals surface area contributed by atoms with Crippen molar-refractivity contribution in [3.63, 3.8) is 0 Å². The van der Waals surface area contributed by atoms with E-state index in [1.165, 1.54) is 0 Å². The number of aryl methyl sites for hydroxylation is 1. The van der Waals surface area contributed by atoms with E-state index in [1.807, 2.05) is 6.92 Å². The number of nitrogens with one attached hydrogen (secondary N) is 2. The van der Waals surface area contributed by atoms with Crippen LogP contribution in [0.2, 0.25) is 0 Å². The van der Waals surface area contributed by atoms with Gasteiger partial charge in [0.25, 0.3) is 0 Å². The van der Waals surface area contributed by atoms with Gasteiger partial charge in [0.2, 0.25) is 0 Å². The molecule has 0 spiro atoms. The standard InChI is InChI=1S/C14H24N4O/c1-4-8-15-12-10(3)13(17-11(5-2)16-12)18-14(9-19)6-7-14/h19H,4-9H2,1-3H3,(H2,15,16,17,18). The fourth-order valence-electron chi connectivity index (χ4n) is 1.98. The summed E-state index contributed by atoms with van der Waals surface area (Å²) in [6, 6.07) is 0. The molecule has 0 saturated heterocycles. The average Bonchev–Trinajstić information content (AvgIpc) is 3.20. The van der Waals surface area contributed by atoms with Crippen molar-refractivity contribution >= 4 is 11.6 Å². The molecule has 1 heterocycles. The van der Waals surface area contributed by atoms with Crippen molar-refractivity contribution in [1.82, 2.24) is 9.97 Å². The second-order valence-electron chi connectivity index (χ2n) is 5.31. The van der Waals surface area contributed by atoms with Crippen LogP contribution in [0, 0.1) is 6.92 Å². The number of hydrogen-bond donors (Lipinski definition) is 3. The van der Waals surface area contributed by atoms with E-state index < -0.39 is 0 Å². The Bertz CT molecular complexity index is 443. The Balaban J connectivity index is 2.25. The minimum Gasteiger partial charge on any atom is -0.394 e. The predicted octanol–water partition coefficient (Wildman–Crippen LogP) is 2.11. The number of aliphatic hydroxyl groups excluding tert-OH is 1. The monoisotopic (exact) mass is 264 g/mol. The largest absolute Gasteiger partial charge is 0.394 e. The molecular weight excluding hydrogens is 240 g/mol. The maximum absolute atomic E-state index is 9.42. The summed E-state index contributed by atoms with van der Waals surface area (Å²) in [5, 5.41) is 16.2. The Kier molecular flexibility index (Phi) is 4.24. The van der Waals surface area contributed by atoms with E-state index in [0.717, 1.165) is 55.3 Å². The topological polar surface area (TPSA) is 70.1 Å². The summed E-state index contributed by atoms with van der Waals surface area (Å²) in [5.74, 6) is 2.60. The summed E-state index contributed by atoms with van der Waals surface area (Å²) in [5.41, 5.74) is 0.886. The summed E-state index contributed by atoms with van der Waals surface area (Å²) < 4.78 is 0. The van der Waals surface area contributed by atoms with E-state index in [4.69, 9.17) is 0 Å². The first kappa shape index (κ1) is 14.1. The highest BCUT2D eigenvalue weighted by Gasteiger charge is 2.42. The molecule has 0 bridgehead atoms. The Morgan fingerprint density at radius 2 is 1.89 bits per heavy atom. The van der Waals surface area contributed by atoms with Gasteiger partial charge in [-0.15, -0.1) is 0 Å². The van der Waals surface area contributed by atoms with E-state index in [1.54, 1.807) is 0 Å². The Morgan fingerprint density at radius 1 is 1.21 bits per heavy atom. The predicted molar refractivity (Wildman–Crippen MR) is 77.6 cm³/mol. The summed E-state index contributed by atoms with van der Waals surface area (Å²) in [6.07, 6.45) is 3.88. The van der Waals surface area contributed by atoms with Gasteiger partial charge in [-0.25, -0.2) is 9.97 Å². The number of nitrogens with zero attached hydrogens (tertiary/aromatic N) is 2. The molecule has 1 aromatic heterocycles. The van der Waals surface area contributed by atoms with Crippen LogP contribution in [0.4, 0.5) is 11.6 Å². The molecular formula is C14H24N4O. The van der Waals surface area contributed by atoms with Crippen molar-refractivity contribution in [1.29, 1.82) is 0 Å². The van der Waals surface area contributed by atoms with Crippen LogP contribution >= 0.6 is 0 Å². The van der Waals surface area contributed by atoms with E-state index in [-0.39, 0.29) is 12.1 Å². The molecule has 19 heavy (non-hydrogen) atoms. The second kappa shape index (κ2) is 5.74. The third-order valence-corrected chi connectivity index (χ3v) is 3.59. The van der Waals surface area contributed by atoms with Crippen LogP contribution in [-0.2, 0) is 6.42 Å². The summed E-state index contributed by atoms with van der Waals surface area (Å²) in [6.45, 7) is 7.28. The molecule has 5 nitrogen and oxygen atoms in total. The van der Waals surface area contributed by atoms with Crippen molar-refractivity contribution in [2.75, 3.05) is 23.8 Å². The minimum atomic E-state index is -0.147. The van der Waals surface area contributed by atoms with E-state index in [9.17, 15) is 5.11 Å². The minimum absolute atomic E-state index is 0.147. The first-order valence-corrected chi connectivity index (χ1v) is 7.14. The van der Waals surface area contributed by atoms with Gasteiger partial charge in [-0.2, -0.15) is 0 Å². The summed E-state index contributed by atoms with van der Waals surface area (Å²) >= 11 is 0. The van der Waals surface area contributed by atoms with Crippen molar-refractivity contribution in [2.45, 2.75) is 52.0 Å². The van der Waals surface area contributed by atoms with Gasteiger partial charge in [-0.05, 0) is 26.2 Å². The molecule has 3 N–H and O–H groups in total. The Morgan fingerprint density at radius 3 is 2.42 bits per heavy atom. The van der Waals surface area contributed by atoms with Gasteiger partial charge in [-0.1, -0.05) is 13.8 Å². The fourth-order valence-corrected chi connectivity index (χ4v) is 1.98. The fraction of sp³-hybridized carbons (Fsp3) is 0.714. The Hall–Kier alpha value is -1.36. The molecule has 106 valence electrons. The molecule has 0 aromatic carbocycles. The first-order valence-electron chi connectivity index (χ1n) is 7.14. The highest BCUT2D eigenvalue weighted by molar-refractivity contribution is 5.59. The van der Waals surface area contributed by atoms with Gasteiger partial charge in [0.05, 0.1) is 12.1 Å². The second-order valence-corrected chi connectivity index (χ2v) is 5.31. The normalized spacial score (nSPS) is 16.2. The van der Waals surface area contributed by atoms with Crippen molar-refractivity contribution in [3.8, 4) is 0 Å². The van der Waals surface area contributed by atoms with Gasteiger partial charge in [-0.3, -0.25) is 0 Å². The molecule has 0 atom stereocenters. The van der Waals surface area contributed by atoms with Gasteiger partial charge in [0, 0.05) is 18.5 Å². The van der Waals surface area contributed by atoms with Gasteiger partial charge < -0.3 is 15.7 Å². The van der Waals surface area contributed by atoms with Crippen LogP contribution in [0.1, 0.15) is 44.5 Å². The zero-order chi connectivity index (χ0) is 13.9. The first-order chi connectivity index (χ1) is 9.14. The zero-order valence-corrected chi connectivity index (χ0v) is 12.1. The number of hydrogen-bond acceptors (Lipinski definition) is 5. The third-order valence-electron chi connectivity index (χ3n) is 3.59. The van der Waals surface area contributed by atoms with Crippen molar-refractivity contribution < 1.29 is 5.11 Å². The van der Waals surface area contributed by atoms with Crippen molar-refractivity contribution in [3.05, 3.63) is 11.4 Å². The molecule has 0 unspecified atom stereocenters. The molecule has 1 aromatic rings. The maximum Gasteiger partial charge on any atom is 0.135 e. The van der Waals surface area contributed by atoms with E-state index in [0.29, 0.717) is 0 Å². The number of rotatable bonds is 7. The lowest BCUT2D eigenvalue weighted by Gasteiger charge is -2.19. The number of anilines is 2. The lowest BCUT2D eigenvalue weighted by Crippen LogP contribution is -2.27. The van der Waals surface area contributed by atoms with Crippen LogP contribution in [-0.4, -0.2) is 33.8 Å². The Labute approximate surface area is 114 Å². The van der Waals surface area contributed by atoms with Crippen molar-refractivity contribution in [2.24, 2.45) is 0 Å². The molecule has 1 fully saturated rings. The van der Waals surface area contributed by atoms with E-state index in [2.05, 4.69) is 34.4 Å². The molecule has 0 amide bonds. The molecule has 1 aliphatic carbocycles. The zero-order valence-electron chi connectivity index (χ0n) is 12.1. The lowest BCUT2D eigenvalue weighted by molar-refractivity contribution is 0.266. The summed E-state index contributed by atoms with van der Waals surface area (Å²) in [7, 11) is 0. The summed E-state index contributed by atoms with van der Waals surface area (Å²) in [4.78, 5) is 9.10. The molecule has 1 saturated carbocycles. The molecule has 1 aliphatic rings. The third kappa shape index (κ3) is 3.15. The number of aliphatic hydroxyl groups is 1. The number of aromatic nitrogens is 2. The lowest BCUT2D eigenvalue weighted by atomic mass is 10.2. The smallest absolute Gasteiger partial charge is 0.135 e. The van der Waals surface area contributed by atoms with Crippen LogP contribution in [0.5, 0.6) is 0 Å². The van der Waals surface area contributed by atoms with Gasteiger partial charge in [0.15, 0.2) is 0 Å². The average molecular weight is 264 g/mol. The van der Waals surface area contributed by atoms with Gasteiger partial charge in [0.1, 0.15) is 17.5 Å². The molecule has 2 rings (SSSR count).